The molecule has 9 heteroatoms. The van der Waals surface area contributed by atoms with Crippen molar-refractivity contribution in [2.24, 2.45) is 0 Å². The number of benzene rings is 1. The number of amides is 1. The van der Waals surface area contributed by atoms with Crippen molar-refractivity contribution < 1.29 is 13.2 Å². The first-order valence-corrected chi connectivity index (χ1v) is 11.3. The summed E-state index contributed by atoms with van der Waals surface area (Å²) in [7, 11) is -3.54. The number of carbonyl (C=O) groups is 1. The molecule has 1 atom stereocenters. The molecule has 0 bridgehead atoms. The van der Waals surface area contributed by atoms with E-state index < -0.39 is 10.0 Å². The van der Waals surface area contributed by atoms with E-state index in [-0.39, 0.29) is 22.1 Å². The van der Waals surface area contributed by atoms with Crippen molar-refractivity contribution >= 4 is 49.9 Å². The highest BCUT2D eigenvalue weighted by Gasteiger charge is 2.19. The van der Waals surface area contributed by atoms with Gasteiger partial charge in [-0.15, -0.1) is 0 Å². The molecule has 1 aromatic rings. The van der Waals surface area contributed by atoms with Crippen LogP contribution in [0.2, 0.25) is 0 Å². The van der Waals surface area contributed by atoms with Crippen LogP contribution in [0.1, 0.15) is 34.6 Å². The van der Waals surface area contributed by atoms with Crippen molar-refractivity contribution in [1.82, 2.24) is 9.62 Å². The predicted octanol–water partition coefficient (Wildman–Crippen LogP) is 3.06. The van der Waals surface area contributed by atoms with Crippen LogP contribution in [0.15, 0.2) is 29.2 Å². The zero-order valence-corrected chi connectivity index (χ0v) is 18.2. The van der Waals surface area contributed by atoms with Gasteiger partial charge in [-0.3, -0.25) is 4.79 Å². The van der Waals surface area contributed by atoms with Crippen LogP contribution < -0.4 is 10.0 Å². The molecule has 0 aromatic heterocycles. The summed E-state index contributed by atoms with van der Waals surface area (Å²) in [6.45, 7) is 11.0. The third-order valence-electron chi connectivity index (χ3n) is 3.49. The van der Waals surface area contributed by atoms with Crippen LogP contribution in [0.5, 0.6) is 0 Å². The molecule has 6 nitrogen and oxygen atoms in total. The van der Waals surface area contributed by atoms with Gasteiger partial charge < -0.3 is 10.2 Å². The molecule has 2 N–H and O–H groups in total. The summed E-state index contributed by atoms with van der Waals surface area (Å²) >= 11 is 6.70. The van der Waals surface area contributed by atoms with Crippen LogP contribution in [0.25, 0.3) is 0 Å². The minimum absolute atomic E-state index is 0.161. The highest BCUT2D eigenvalue weighted by molar-refractivity contribution is 8.23. The van der Waals surface area contributed by atoms with Gasteiger partial charge in [-0.1, -0.05) is 24.0 Å². The Labute approximate surface area is 166 Å². The summed E-state index contributed by atoms with van der Waals surface area (Å²) in [5.74, 6) is -0.180. The zero-order valence-electron chi connectivity index (χ0n) is 15.8. The summed E-state index contributed by atoms with van der Waals surface area (Å²) in [5, 5.41) is 2.44. The largest absolute Gasteiger partial charge is 0.358 e. The first kappa shape index (κ1) is 22.9. The number of nitrogens with one attached hydrogen (secondary N) is 2. The Kier molecular flexibility index (Phi) is 9.02. The molecule has 1 amide bonds. The maximum Gasteiger partial charge on any atom is 0.240 e. The summed E-state index contributed by atoms with van der Waals surface area (Å²) in [4.78, 5) is 14.5. The van der Waals surface area contributed by atoms with Crippen molar-refractivity contribution in [3.63, 3.8) is 0 Å². The van der Waals surface area contributed by atoms with Gasteiger partial charge in [0.2, 0.25) is 15.9 Å². The van der Waals surface area contributed by atoms with Crippen molar-refractivity contribution in [3.8, 4) is 0 Å². The molecule has 1 unspecified atom stereocenters. The van der Waals surface area contributed by atoms with E-state index in [2.05, 4.69) is 10.0 Å². The van der Waals surface area contributed by atoms with Crippen LogP contribution in [-0.2, 0) is 14.8 Å². The lowest BCUT2D eigenvalue weighted by Gasteiger charge is -2.22. The second-order valence-corrected chi connectivity index (χ2v) is 9.68. The molecule has 0 aliphatic heterocycles. The number of rotatable bonds is 8. The minimum atomic E-state index is -3.54. The van der Waals surface area contributed by atoms with E-state index >= 15 is 0 Å². The average Bonchev–Trinajstić information content (AvgIpc) is 2.55. The van der Waals surface area contributed by atoms with Crippen LogP contribution in [-0.4, -0.2) is 47.9 Å². The normalized spacial score (nSPS) is 12.7. The van der Waals surface area contributed by atoms with Gasteiger partial charge >= 0.3 is 0 Å². The van der Waals surface area contributed by atoms with E-state index in [1.165, 1.54) is 23.9 Å². The molecule has 0 aliphatic rings. The zero-order chi connectivity index (χ0) is 19.9. The third kappa shape index (κ3) is 6.86. The van der Waals surface area contributed by atoms with E-state index in [1.807, 2.05) is 18.7 Å². The number of carbonyl (C=O) groups excluding carboxylic acids is 1. The molecule has 0 radical (unpaired) electrons. The van der Waals surface area contributed by atoms with Crippen molar-refractivity contribution in [2.75, 3.05) is 18.4 Å². The fourth-order valence-electron chi connectivity index (χ4n) is 2.10. The van der Waals surface area contributed by atoms with Crippen molar-refractivity contribution in [1.29, 1.82) is 0 Å². The predicted molar refractivity (Wildman–Crippen MR) is 113 cm³/mol. The molecule has 0 heterocycles. The number of hydrogen-bond acceptors (Lipinski definition) is 5. The Morgan fingerprint density at radius 2 is 1.69 bits per heavy atom. The molecule has 0 aliphatic carbocycles. The van der Waals surface area contributed by atoms with E-state index in [0.717, 1.165) is 13.1 Å². The molecule has 0 spiro atoms. The fraction of sp³-hybridized carbons (Fsp3) is 0.529. The van der Waals surface area contributed by atoms with E-state index in [1.54, 1.807) is 32.9 Å². The Bertz CT molecular complexity index is 715. The van der Waals surface area contributed by atoms with Gasteiger partial charge in [0.1, 0.15) is 4.32 Å². The van der Waals surface area contributed by atoms with E-state index in [4.69, 9.17) is 12.2 Å². The Morgan fingerprint density at radius 3 is 2.15 bits per heavy atom. The van der Waals surface area contributed by atoms with Gasteiger partial charge in [0.25, 0.3) is 0 Å². The molecular formula is C17H27N3O3S3. The van der Waals surface area contributed by atoms with Crippen LogP contribution in [0, 0.1) is 0 Å². The van der Waals surface area contributed by atoms with Crippen LogP contribution in [0.3, 0.4) is 0 Å². The number of hydrogen-bond donors (Lipinski definition) is 2. The molecule has 0 saturated heterocycles. The molecule has 146 valence electrons. The average molecular weight is 418 g/mol. The third-order valence-corrected chi connectivity index (χ3v) is 6.74. The van der Waals surface area contributed by atoms with E-state index in [9.17, 15) is 13.2 Å². The number of sulfonamides is 1. The minimum Gasteiger partial charge on any atom is -0.358 e. The topological polar surface area (TPSA) is 78.5 Å². The number of thioether (sulfide) groups is 1. The Morgan fingerprint density at radius 1 is 1.15 bits per heavy atom. The summed E-state index contributed by atoms with van der Waals surface area (Å²) < 4.78 is 27.4. The molecule has 0 fully saturated rings. The van der Waals surface area contributed by atoms with Gasteiger partial charge in [-0.2, -0.15) is 0 Å². The standard InChI is InChI=1S/C17H27N3O3S3/c1-6-20(7-2)17(24)25-13(5)16(21)18-14-8-10-15(11-9-14)26(22,23)19-12(3)4/h8-13,19H,6-7H2,1-5H3,(H,18,21). The van der Waals surface area contributed by atoms with Crippen molar-refractivity contribution in [2.45, 2.75) is 50.8 Å². The second kappa shape index (κ2) is 10.2. The van der Waals surface area contributed by atoms with E-state index in [0.29, 0.717) is 10.0 Å². The van der Waals surface area contributed by atoms with Crippen LogP contribution in [0.4, 0.5) is 5.69 Å². The lowest BCUT2D eigenvalue weighted by atomic mass is 10.3. The molecule has 1 rings (SSSR count). The van der Waals surface area contributed by atoms with Gasteiger partial charge in [-0.05, 0) is 58.9 Å². The Hall–Kier alpha value is -1.16. The monoisotopic (exact) mass is 417 g/mol. The van der Waals surface area contributed by atoms with Crippen LogP contribution >= 0.6 is 24.0 Å². The number of thiocarbonyl (C=S) groups is 1. The summed E-state index contributed by atoms with van der Waals surface area (Å²) in [6, 6.07) is 5.91. The lowest BCUT2D eigenvalue weighted by molar-refractivity contribution is -0.115. The molecule has 1 aromatic carbocycles. The molecule has 0 saturated carbocycles. The quantitative estimate of drug-likeness (QED) is 0.633. The van der Waals surface area contributed by atoms with Gasteiger partial charge in [0.15, 0.2) is 0 Å². The molecule has 26 heavy (non-hydrogen) atoms. The first-order valence-electron chi connectivity index (χ1n) is 8.49. The fourth-order valence-corrected chi connectivity index (χ4v) is 4.92. The van der Waals surface area contributed by atoms with Gasteiger partial charge in [0.05, 0.1) is 10.1 Å². The first-order chi connectivity index (χ1) is 12.1. The maximum absolute atomic E-state index is 12.3. The smallest absolute Gasteiger partial charge is 0.240 e. The second-order valence-electron chi connectivity index (χ2n) is 5.99. The van der Waals surface area contributed by atoms with Crippen molar-refractivity contribution in [3.05, 3.63) is 24.3 Å². The number of anilines is 1. The molecular weight excluding hydrogens is 390 g/mol. The SMILES string of the molecule is CCN(CC)C(=S)SC(C)C(=O)Nc1ccc(S(=O)(=O)NC(C)C)cc1. The summed E-state index contributed by atoms with van der Waals surface area (Å²) in [6.07, 6.45) is 0. The maximum atomic E-state index is 12.3. The highest BCUT2D eigenvalue weighted by Crippen LogP contribution is 2.19. The van der Waals surface area contributed by atoms with Gasteiger partial charge in [-0.25, -0.2) is 13.1 Å². The Balaban J connectivity index is 2.71. The number of nitrogens with zero attached hydrogens (tertiary/aromatic N) is 1. The van der Waals surface area contributed by atoms with Gasteiger partial charge in [0, 0.05) is 24.8 Å². The summed E-state index contributed by atoms with van der Waals surface area (Å²) in [5.41, 5.74) is 0.541. The highest BCUT2D eigenvalue weighted by atomic mass is 32.2. The lowest BCUT2D eigenvalue weighted by Crippen LogP contribution is -2.31.